The molecule has 2 N–H and O–H groups in total. The molecule has 0 aliphatic rings. The van der Waals surface area contributed by atoms with E-state index in [1.54, 1.807) is 43.5 Å². The lowest BCUT2D eigenvalue weighted by Crippen LogP contribution is -2.09. The highest BCUT2D eigenvalue weighted by Gasteiger charge is 2.14. The lowest BCUT2D eigenvalue weighted by Gasteiger charge is -2.14. The number of rotatable bonds is 6. The molecule has 0 atom stereocenters. The van der Waals surface area contributed by atoms with Gasteiger partial charge < -0.3 is 10.1 Å². The molecule has 10 heteroatoms. The Morgan fingerprint density at radius 2 is 1.55 bits per heavy atom. The van der Waals surface area contributed by atoms with Crippen LogP contribution >= 0.6 is 0 Å². The third kappa shape index (κ3) is 4.33. The van der Waals surface area contributed by atoms with Gasteiger partial charge in [0, 0.05) is 40.3 Å². The second-order valence-electron chi connectivity index (χ2n) is 6.91. The number of sulfonamides is 1. The molecule has 0 aliphatic heterocycles. The highest BCUT2D eigenvalue weighted by molar-refractivity contribution is 7.92. The van der Waals surface area contributed by atoms with Gasteiger partial charge in [-0.2, -0.15) is 0 Å². The van der Waals surface area contributed by atoms with Crippen molar-refractivity contribution in [2.75, 3.05) is 23.4 Å². The maximum Gasteiger partial charge on any atom is 0.271 e. The van der Waals surface area contributed by atoms with E-state index in [2.05, 4.69) is 15.0 Å². The van der Waals surface area contributed by atoms with Gasteiger partial charge in [0.05, 0.1) is 35.0 Å². The van der Waals surface area contributed by atoms with Gasteiger partial charge in [0.25, 0.3) is 5.69 Å². The zero-order valence-electron chi connectivity index (χ0n) is 16.6. The molecule has 1 aromatic heterocycles. The van der Waals surface area contributed by atoms with Crippen LogP contribution in [0.3, 0.4) is 0 Å². The van der Waals surface area contributed by atoms with E-state index in [0.717, 1.165) is 17.3 Å². The Balaban J connectivity index is 1.84. The van der Waals surface area contributed by atoms with Crippen LogP contribution in [-0.4, -0.2) is 31.7 Å². The Labute approximate surface area is 177 Å². The molecule has 158 valence electrons. The lowest BCUT2D eigenvalue weighted by molar-refractivity contribution is -0.384. The molecule has 3 aromatic carbocycles. The highest BCUT2D eigenvalue weighted by Crippen LogP contribution is 2.36. The van der Waals surface area contributed by atoms with Crippen LogP contribution in [0.5, 0.6) is 5.75 Å². The predicted molar refractivity (Wildman–Crippen MR) is 121 cm³/mol. The van der Waals surface area contributed by atoms with Gasteiger partial charge in [-0.3, -0.25) is 14.8 Å². The van der Waals surface area contributed by atoms with E-state index in [9.17, 15) is 18.5 Å². The Hall–Kier alpha value is -3.92. The predicted octanol–water partition coefficient (Wildman–Crippen LogP) is 4.42. The molecule has 0 spiro atoms. The van der Waals surface area contributed by atoms with Crippen molar-refractivity contribution >= 4 is 54.6 Å². The van der Waals surface area contributed by atoms with Gasteiger partial charge in [-0.1, -0.05) is 0 Å². The number of hydrogen-bond acceptors (Lipinski definition) is 7. The minimum atomic E-state index is -3.37. The summed E-state index contributed by atoms with van der Waals surface area (Å²) < 4.78 is 30.5. The van der Waals surface area contributed by atoms with E-state index < -0.39 is 14.9 Å². The molecule has 4 aromatic rings. The topological polar surface area (TPSA) is 123 Å². The summed E-state index contributed by atoms with van der Waals surface area (Å²) in [6.07, 6.45) is 1.09. The van der Waals surface area contributed by atoms with Crippen LogP contribution < -0.4 is 14.8 Å². The molecule has 1 heterocycles. The van der Waals surface area contributed by atoms with Crippen molar-refractivity contribution in [3.63, 3.8) is 0 Å². The number of nitrogens with one attached hydrogen (secondary N) is 2. The van der Waals surface area contributed by atoms with Crippen LogP contribution in [0.4, 0.5) is 22.7 Å². The number of nitro groups is 1. The molecule has 0 saturated carbocycles. The smallest absolute Gasteiger partial charge is 0.271 e. The van der Waals surface area contributed by atoms with Crippen molar-refractivity contribution in [3.8, 4) is 5.75 Å². The number of fused-ring (bicyclic) bond motifs is 2. The minimum Gasteiger partial charge on any atom is -0.497 e. The first-order valence-corrected chi connectivity index (χ1v) is 11.0. The third-order valence-corrected chi connectivity index (χ3v) is 5.24. The van der Waals surface area contributed by atoms with Crippen LogP contribution in [0.1, 0.15) is 0 Å². The van der Waals surface area contributed by atoms with Gasteiger partial charge in [0.2, 0.25) is 10.0 Å². The average Bonchev–Trinajstić information content (AvgIpc) is 2.72. The fourth-order valence-electron chi connectivity index (χ4n) is 3.27. The zero-order chi connectivity index (χ0) is 22.2. The quantitative estimate of drug-likeness (QED) is 0.259. The summed E-state index contributed by atoms with van der Waals surface area (Å²) in [7, 11) is -1.82. The fourth-order valence-corrected chi connectivity index (χ4v) is 3.83. The molecular formula is C21H18N4O5S. The van der Waals surface area contributed by atoms with E-state index in [0.29, 0.717) is 33.5 Å². The summed E-state index contributed by atoms with van der Waals surface area (Å²) in [6, 6.07) is 16.7. The zero-order valence-corrected chi connectivity index (χ0v) is 17.4. The maximum atomic E-state index is 11.4. The lowest BCUT2D eigenvalue weighted by atomic mass is 10.1. The SMILES string of the molecule is COc1ccc2c(Nc3ccc(NS(C)(=O)=O)cc3)c3ccc([N+](=O)[O-])cc3nc2c1. The van der Waals surface area contributed by atoms with Gasteiger partial charge in [-0.05, 0) is 42.5 Å². The van der Waals surface area contributed by atoms with E-state index in [4.69, 9.17) is 4.74 Å². The summed E-state index contributed by atoms with van der Waals surface area (Å²) >= 11 is 0. The Morgan fingerprint density at radius 1 is 0.935 bits per heavy atom. The summed E-state index contributed by atoms with van der Waals surface area (Å²) in [4.78, 5) is 15.3. The number of ether oxygens (including phenoxy) is 1. The third-order valence-electron chi connectivity index (χ3n) is 4.63. The van der Waals surface area contributed by atoms with Gasteiger partial charge in [-0.25, -0.2) is 13.4 Å². The largest absolute Gasteiger partial charge is 0.497 e. The number of nitro benzene ring substituents is 1. The number of pyridine rings is 1. The maximum absolute atomic E-state index is 11.4. The van der Waals surface area contributed by atoms with Gasteiger partial charge >= 0.3 is 0 Å². The molecule has 0 amide bonds. The highest BCUT2D eigenvalue weighted by atomic mass is 32.2. The molecule has 0 aliphatic carbocycles. The normalized spacial score (nSPS) is 11.4. The second-order valence-corrected chi connectivity index (χ2v) is 8.65. The van der Waals surface area contributed by atoms with Crippen LogP contribution in [0.2, 0.25) is 0 Å². The molecule has 9 nitrogen and oxygen atoms in total. The van der Waals surface area contributed by atoms with E-state index in [1.807, 2.05) is 12.1 Å². The molecule has 0 bridgehead atoms. The van der Waals surface area contributed by atoms with Gasteiger partial charge in [0.15, 0.2) is 0 Å². The molecule has 31 heavy (non-hydrogen) atoms. The number of aromatic nitrogens is 1. The standard InChI is InChI=1S/C21H18N4O5S/c1-30-16-8-10-18-20(12-16)23-19-11-15(25(26)27)7-9-17(19)21(18)22-13-3-5-14(6-4-13)24-31(2,28)29/h3-12,24H,1-2H3,(H,22,23). The van der Waals surface area contributed by atoms with Crippen molar-refractivity contribution in [2.45, 2.75) is 0 Å². The van der Waals surface area contributed by atoms with E-state index in [-0.39, 0.29) is 5.69 Å². The van der Waals surface area contributed by atoms with Crippen molar-refractivity contribution in [3.05, 3.63) is 70.8 Å². The van der Waals surface area contributed by atoms with Gasteiger partial charge in [0.1, 0.15) is 5.75 Å². The van der Waals surface area contributed by atoms with Crippen molar-refractivity contribution in [1.29, 1.82) is 0 Å². The van der Waals surface area contributed by atoms with Crippen LogP contribution in [0.25, 0.3) is 21.8 Å². The summed E-state index contributed by atoms with van der Waals surface area (Å²) in [5, 5.41) is 16.1. The number of benzene rings is 3. The van der Waals surface area contributed by atoms with Crippen molar-refractivity contribution in [2.24, 2.45) is 0 Å². The number of anilines is 3. The van der Waals surface area contributed by atoms with Crippen molar-refractivity contribution in [1.82, 2.24) is 4.98 Å². The van der Waals surface area contributed by atoms with E-state index in [1.165, 1.54) is 12.1 Å². The van der Waals surface area contributed by atoms with Crippen molar-refractivity contribution < 1.29 is 18.1 Å². The number of hydrogen-bond donors (Lipinski definition) is 2. The number of non-ortho nitro benzene ring substituents is 1. The Bertz CT molecular complexity index is 1420. The molecule has 0 radical (unpaired) electrons. The summed E-state index contributed by atoms with van der Waals surface area (Å²) in [5.41, 5.74) is 2.91. The second kappa shape index (κ2) is 7.73. The molecular weight excluding hydrogens is 420 g/mol. The number of methoxy groups -OCH3 is 1. The monoisotopic (exact) mass is 438 g/mol. The molecule has 0 unspecified atom stereocenters. The van der Waals surface area contributed by atoms with Crippen LogP contribution in [0.15, 0.2) is 60.7 Å². The van der Waals surface area contributed by atoms with Crippen LogP contribution in [0, 0.1) is 10.1 Å². The summed E-state index contributed by atoms with van der Waals surface area (Å²) in [5.74, 6) is 0.618. The van der Waals surface area contributed by atoms with Gasteiger partial charge in [-0.15, -0.1) is 0 Å². The summed E-state index contributed by atoms with van der Waals surface area (Å²) in [6.45, 7) is 0. The Kier molecular flexibility index (Phi) is 5.07. The first-order valence-electron chi connectivity index (χ1n) is 9.14. The Morgan fingerprint density at radius 3 is 2.16 bits per heavy atom. The molecule has 4 rings (SSSR count). The van der Waals surface area contributed by atoms with Crippen LogP contribution in [-0.2, 0) is 10.0 Å². The average molecular weight is 438 g/mol. The fraction of sp³-hybridized carbons (Fsp3) is 0.0952. The van der Waals surface area contributed by atoms with E-state index >= 15 is 0 Å². The molecule has 0 saturated heterocycles. The molecule has 0 fully saturated rings. The first-order chi connectivity index (χ1) is 14.7. The minimum absolute atomic E-state index is 0.0515. The first kappa shape index (κ1) is 20.4. The number of nitrogens with zero attached hydrogens (tertiary/aromatic N) is 2.